The first-order valence-corrected chi connectivity index (χ1v) is 10.9. The monoisotopic (exact) mass is 426 g/mol. The number of rotatable bonds is 3. The van der Waals surface area contributed by atoms with E-state index in [-0.39, 0.29) is 11.9 Å². The van der Waals surface area contributed by atoms with Crippen LogP contribution in [-0.4, -0.2) is 31.8 Å². The lowest BCUT2D eigenvalue weighted by Gasteiger charge is -2.47. The van der Waals surface area contributed by atoms with Crippen LogP contribution >= 0.6 is 22.9 Å². The Hall–Kier alpha value is -1.68. The van der Waals surface area contributed by atoms with Gasteiger partial charge >= 0.3 is 0 Å². The minimum atomic E-state index is -1.15. The number of nitrogens with zero attached hydrogens (tertiary/aromatic N) is 1. The van der Waals surface area contributed by atoms with Crippen molar-refractivity contribution in [3.8, 4) is 0 Å². The number of carbonyl (C=O) groups excluding carboxylic acids is 1. The van der Waals surface area contributed by atoms with Crippen LogP contribution in [-0.2, 0) is 11.2 Å². The number of nitrogens with one attached hydrogen (secondary N) is 3. The molecule has 10 heteroatoms. The molecular weight excluding hydrogens is 411 g/mol. The fourth-order valence-corrected chi connectivity index (χ4v) is 6.70. The number of anilines is 1. The topological polar surface area (TPSA) is 101 Å². The maximum absolute atomic E-state index is 13.2. The second-order valence-electron chi connectivity index (χ2n) is 6.55. The van der Waals surface area contributed by atoms with E-state index < -0.39 is 27.8 Å². The Bertz CT molecular complexity index is 918. The summed E-state index contributed by atoms with van der Waals surface area (Å²) in [6.07, 6.45) is 2.52. The normalized spacial score (nSPS) is 23.6. The Balaban J connectivity index is 1.51. The quantitative estimate of drug-likeness (QED) is 0.516. The van der Waals surface area contributed by atoms with Crippen molar-refractivity contribution in [2.75, 3.05) is 11.1 Å². The largest absolute Gasteiger partial charge is 0.616 e. The molecule has 1 unspecified atom stereocenters. The molecule has 0 radical (unpaired) electrons. The SMILES string of the molecule is N=C1N[C@H](c2sc(C(=O)Nc3cccc(F)n3)cc2Cl)C[S+]([O-])C12CCC2. The van der Waals surface area contributed by atoms with Crippen molar-refractivity contribution in [3.63, 3.8) is 0 Å². The van der Waals surface area contributed by atoms with Gasteiger partial charge < -0.3 is 15.2 Å². The number of pyridine rings is 1. The third-order valence-electron chi connectivity index (χ3n) is 4.90. The van der Waals surface area contributed by atoms with Crippen LogP contribution in [0.1, 0.15) is 39.9 Å². The van der Waals surface area contributed by atoms with E-state index in [0.717, 1.165) is 19.3 Å². The molecule has 1 saturated carbocycles. The van der Waals surface area contributed by atoms with Gasteiger partial charge in [0.1, 0.15) is 17.6 Å². The molecule has 6 nitrogen and oxygen atoms in total. The standard InChI is InChI=1S/C17H16ClFN4O2S2/c18-9-7-11(15(24)23-13-4-1-3-12(19)22-13)26-14(9)10-8-27(25)17(5-2-6-17)16(20)21-10/h1,3-4,7,10H,2,5-6,8H2,(H2,20,21)(H,22,23,24)/t10-,27?/m0/s1. The van der Waals surface area contributed by atoms with E-state index in [9.17, 15) is 13.7 Å². The number of aromatic nitrogens is 1. The highest BCUT2D eigenvalue weighted by atomic mass is 35.5. The number of amidine groups is 1. The molecule has 3 N–H and O–H groups in total. The lowest BCUT2D eigenvalue weighted by Crippen LogP contribution is -2.63. The van der Waals surface area contributed by atoms with Crippen LogP contribution < -0.4 is 10.6 Å². The lowest BCUT2D eigenvalue weighted by atomic mass is 9.82. The van der Waals surface area contributed by atoms with Crippen molar-refractivity contribution in [2.24, 2.45) is 0 Å². The summed E-state index contributed by atoms with van der Waals surface area (Å²) in [7, 11) is 0. The second-order valence-corrected chi connectivity index (χ2v) is 9.85. The van der Waals surface area contributed by atoms with Gasteiger partial charge in [-0.15, -0.1) is 11.3 Å². The number of carbonyl (C=O) groups is 1. The van der Waals surface area contributed by atoms with Gasteiger partial charge in [0.15, 0.2) is 10.6 Å². The summed E-state index contributed by atoms with van der Waals surface area (Å²) in [6, 6.07) is 5.29. The van der Waals surface area contributed by atoms with Crippen LogP contribution in [0.15, 0.2) is 24.3 Å². The molecule has 2 aromatic heterocycles. The Labute approximate surface area is 167 Å². The van der Waals surface area contributed by atoms with E-state index in [0.29, 0.717) is 26.4 Å². The number of hydrogen-bond donors (Lipinski definition) is 3. The predicted molar refractivity (Wildman–Crippen MR) is 105 cm³/mol. The minimum Gasteiger partial charge on any atom is -0.616 e. The first-order chi connectivity index (χ1) is 12.9. The number of amides is 1. The highest BCUT2D eigenvalue weighted by Crippen LogP contribution is 2.45. The average molecular weight is 427 g/mol. The van der Waals surface area contributed by atoms with Crippen LogP contribution in [0.4, 0.5) is 10.2 Å². The Morgan fingerprint density at radius 2 is 2.30 bits per heavy atom. The second kappa shape index (κ2) is 7.05. The van der Waals surface area contributed by atoms with Gasteiger partial charge in [0, 0.05) is 12.8 Å². The molecule has 1 saturated heterocycles. The van der Waals surface area contributed by atoms with Gasteiger partial charge in [0.25, 0.3) is 5.91 Å². The molecule has 142 valence electrons. The molecule has 2 fully saturated rings. The molecule has 3 heterocycles. The third kappa shape index (κ3) is 3.33. The van der Waals surface area contributed by atoms with Crippen molar-refractivity contribution >= 4 is 51.7 Å². The molecule has 2 atom stereocenters. The van der Waals surface area contributed by atoms with E-state index in [1.165, 1.54) is 35.6 Å². The molecule has 1 aliphatic heterocycles. The predicted octanol–water partition coefficient (Wildman–Crippen LogP) is 3.48. The number of hydrogen-bond acceptors (Lipinski definition) is 5. The summed E-state index contributed by atoms with van der Waals surface area (Å²) in [5, 5.41) is 14.3. The molecule has 27 heavy (non-hydrogen) atoms. The van der Waals surface area contributed by atoms with Crippen molar-refractivity contribution in [1.82, 2.24) is 10.3 Å². The van der Waals surface area contributed by atoms with Crippen molar-refractivity contribution in [1.29, 1.82) is 5.41 Å². The molecular formula is C17H16ClFN4O2S2. The zero-order valence-corrected chi connectivity index (χ0v) is 16.4. The van der Waals surface area contributed by atoms with Gasteiger partial charge in [0.05, 0.1) is 14.8 Å². The Morgan fingerprint density at radius 1 is 1.52 bits per heavy atom. The summed E-state index contributed by atoms with van der Waals surface area (Å²) in [5.74, 6) is -0.377. The van der Waals surface area contributed by atoms with Gasteiger partial charge in [-0.25, -0.2) is 4.98 Å². The van der Waals surface area contributed by atoms with Gasteiger partial charge in [-0.1, -0.05) is 17.7 Å². The molecule has 0 aromatic carbocycles. The van der Waals surface area contributed by atoms with Crippen LogP contribution in [0, 0.1) is 11.4 Å². The fraction of sp³-hybridized carbons (Fsp3) is 0.353. The van der Waals surface area contributed by atoms with Gasteiger partial charge in [-0.2, -0.15) is 4.39 Å². The summed E-state index contributed by atoms with van der Waals surface area (Å²) >= 11 is 6.33. The van der Waals surface area contributed by atoms with Crippen molar-refractivity contribution < 1.29 is 13.7 Å². The zero-order chi connectivity index (χ0) is 19.2. The van der Waals surface area contributed by atoms with E-state index in [2.05, 4.69) is 15.6 Å². The smallest absolute Gasteiger partial charge is 0.266 e. The fourth-order valence-electron chi connectivity index (χ4n) is 3.28. The molecule has 1 aliphatic carbocycles. The molecule has 0 bridgehead atoms. The summed E-state index contributed by atoms with van der Waals surface area (Å²) in [4.78, 5) is 17.0. The first-order valence-electron chi connectivity index (χ1n) is 8.36. The van der Waals surface area contributed by atoms with Crippen LogP contribution in [0.3, 0.4) is 0 Å². The van der Waals surface area contributed by atoms with E-state index in [1.54, 1.807) is 0 Å². The maximum atomic E-state index is 13.2. The van der Waals surface area contributed by atoms with E-state index >= 15 is 0 Å². The molecule has 1 spiro atoms. The molecule has 4 rings (SSSR count). The van der Waals surface area contributed by atoms with Crippen LogP contribution in [0.25, 0.3) is 0 Å². The van der Waals surface area contributed by atoms with Crippen molar-refractivity contribution in [2.45, 2.75) is 30.1 Å². The van der Waals surface area contributed by atoms with E-state index in [4.69, 9.17) is 17.0 Å². The third-order valence-corrected chi connectivity index (χ3v) is 8.69. The van der Waals surface area contributed by atoms with Gasteiger partial charge in [0.2, 0.25) is 5.95 Å². The van der Waals surface area contributed by atoms with Gasteiger partial charge in [-0.05, 0) is 35.8 Å². The summed E-state index contributed by atoms with van der Waals surface area (Å²) in [5.41, 5.74) is 0. The van der Waals surface area contributed by atoms with Gasteiger partial charge in [-0.3, -0.25) is 10.2 Å². The minimum absolute atomic E-state index is 0.108. The summed E-state index contributed by atoms with van der Waals surface area (Å²) in [6.45, 7) is 0. The van der Waals surface area contributed by atoms with E-state index in [1.807, 2.05) is 0 Å². The molecule has 1 amide bonds. The zero-order valence-electron chi connectivity index (χ0n) is 14.1. The lowest BCUT2D eigenvalue weighted by molar-refractivity contribution is 0.103. The first kappa shape index (κ1) is 18.7. The van der Waals surface area contributed by atoms with Crippen molar-refractivity contribution in [3.05, 3.63) is 45.0 Å². The number of thiophene rings is 1. The van der Waals surface area contributed by atoms with Crippen LogP contribution in [0.2, 0.25) is 5.02 Å². The average Bonchev–Trinajstić information content (AvgIpc) is 2.95. The number of halogens is 2. The Kier molecular flexibility index (Phi) is 4.87. The summed E-state index contributed by atoms with van der Waals surface area (Å²) < 4.78 is 25.3. The maximum Gasteiger partial charge on any atom is 0.266 e. The molecule has 2 aromatic rings. The highest BCUT2D eigenvalue weighted by molar-refractivity contribution is 7.93. The molecule has 2 aliphatic rings. The Morgan fingerprint density at radius 3 is 2.93 bits per heavy atom. The van der Waals surface area contributed by atoms with Crippen LogP contribution in [0.5, 0.6) is 0 Å². The highest BCUT2D eigenvalue weighted by Gasteiger charge is 2.56.